The highest BCUT2D eigenvalue weighted by atomic mass is 127. The molecule has 6 heteroatoms. The first-order chi connectivity index (χ1) is 12.4. The van der Waals surface area contributed by atoms with Crippen LogP contribution in [0.15, 0.2) is 83.8 Å². The van der Waals surface area contributed by atoms with E-state index in [1.165, 1.54) is 19.3 Å². The first-order valence-electron chi connectivity index (χ1n) is 7.61. The van der Waals surface area contributed by atoms with Crippen molar-refractivity contribution in [3.8, 4) is 6.07 Å². The zero-order chi connectivity index (χ0) is 19.0. The molecule has 0 aliphatic heterocycles. The highest BCUT2D eigenvalue weighted by molar-refractivity contribution is 7.85. The molecule has 0 fully saturated rings. The van der Waals surface area contributed by atoms with Gasteiger partial charge in [0.25, 0.3) is 0 Å². The first-order valence-corrected chi connectivity index (χ1v) is 11.2. The summed E-state index contributed by atoms with van der Waals surface area (Å²) in [6.45, 7) is 1.82. The van der Waals surface area contributed by atoms with E-state index in [9.17, 15) is 13.0 Å². The third kappa shape index (κ3) is 6.59. The molecule has 0 unspecified atom stereocenters. The number of rotatable bonds is 3. The van der Waals surface area contributed by atoms with E-state index in [4.69, 9.17) is 5.26 Å². The van der Waals surface area contributed by atoms with Gasteiger partial charge in [0.1, 0.15) is 10.1 Å². The summed E-state index contributed by atoms with van der Waals surface area (Å²) in [4.78, 5) is -0.178. The molecule has 0 amide bonds. The molecule has 0 radical (unpaired) electrons. The number of nitrogens with zero attached hydrogens (tertiary/aromatic N) is 1. The van der Waals surface area contributed by atoms with E-state index < -0.39 is 10.1 Å². The van der Waals surface area contributed by atoms with Crippen molar-refractivity contribution in [1.82, 2.24) is 0 Å². The Morgan fingerprint density at radius 1 is 0.885 bits per heavy atom. The van der Waals surface area contributed by atoms with Crippen LogP contribution in [-0.4, -0.2) is 13.0 Å². The Morgan fingerprint density at radius 3 is 2.08 bits per heavy atom. The second-order valence-corrected chi connectivity index (χ2v) is 9.69. The van der Waals surface area contributed by atoms with Gasteiger partial charge in [-0.25, -0.2) is 8.42 Å². The molecule has 0 saturated heterocycles. The Hall–Kier alpha value is -2.21. The van der Waals surface area contributed by atoms with E-state index in [2.05, 4.69) is 36.4 Å². The predicted octanol–water partition coefficient (Wildman–Crippen LogP) is 0.586. The van der Waals surface area contributed by atoms with Gasteiger partial charge < -0.3 is 4.55 Å². The largest absolute Gasteiger partial charge is 0.744 e. The van der Waals surface area contributed by atoms with Crippen molar-refractivity contribution in [3.63, 3.8) is 0 Å². The normalized spacial score (nSPS) is 10.3. The van der Waals surface area contributed by atoms with Gasteiger partial charge in [0.05, 0.1) is 16.5 Å². The average molecular weight is 477 g/mol. The Kier molecular flexibility index (Phi) is 7.33. The van der Waals surface area contributed by atoms with Crippen LogP contribution in [0.3, 0.4) is 0 Å². The summed E-state index contributed by atoms with van der Waals surface area (Å²) in [5.41, 5.74) is 1.68. The van der Waals surface area contributed by atoms with Crippen LogP contribution in [0, 0.1) is 25.4 Å². The summed E-state index contributed by atoms with van der Waals surface area (Å²) in [6, 6.07) is 26.3. The van der Waals surface area contributed by atoms with E-state index in [-0.39, 0.29) is 26.1 Å². The zero-order valence-corrected chi connectivity index (χ0v) is 16.9. The highest BCUT2D eigenvalue weighted by Crippen LogP contribution is 2.08. The Balaban J connectivity index is 0.000000197. The molecular weight excluding hydrogens is 461 g/mol. The molecule has 0 aliphatic carbocycles. The third-order valence-electron chi connectivity index (χ3n) is 3.21. The van der Waals surface area contributed by atoms with E-state index in [1.54, 1.807) is 12.1 Å². The molecule has 4 nitrogen and oxygen atoms in total. The summed E-state index contributed by atoms with van der Waals surface area (Å²) in [7, 11) is -4.27. The molecule has 0 aliphatic rings. The quantitative estimate of drug-likeness (QED) is 0.409. The van der Waals surface area contributed by atoms with Crippen molar-refractivity contribution in [3.05, 3.63) is 97.1 Å². The molecule has 3 rings (SSSR count). The lowest BCUT2D eigenvalue weighted by Crippen LogP contribution is -3.61. The van der Waals surface area contributed by atoms with Gasteiger partial charge in [-0.3, -0.25) is 0 Å². The van der Waals surface area contributed by atoms with Crippen LogP contribution in [0.5, 0.6) is 0 Å². The van der Waals surface area contributed by atoms with Crippen LogP contribution in [0.2, 0.25) is 0 Å². The fourth-order valence-electron chi connectivity index (χ4n) is 1.93. The third-order valence-corrected chi connectivity index (χ3v) is 6.70. The van der Waals surface area contributed by atoms with Gasteiger partial charge >= 0.3 is 21.2 Å². The number of hydrogen-bond acceptors (Lipinski definition) is 4. The summed E-state index contributed by atoms with van der Waals surface area (Å²) in [5.74, 6) is 0. The molecule has 0 saturated carbocycles. The van der Waals surface area contributed by atoms with Crippen LogP contribution in [0.25, 0.3) is 0 Å². The molecule has 26 heavy (non-hydrogen) atoms. The Labute approximate surface area is 164 Å². The lowest BCUT2D eigenvalue weighted by atomic mass is 10.2. The van der Waals surface area contributed by atoms with Gasteiger partial charge in [0.2, 0.25) is 0 Å². The first kappa shape index (κ1) is 20.1. The second-order valence-electron chi connectivity index (χ2n) is 5.28. The van der Waals surface area contributed by atoms with Gasteiger partial charge in [-0.05, 0) is 43.3 Å². The Morgan fingerprint density at radius 2 is 1.50 bits per heavy atom. The van der Waals surface area contributed by atoms with Crippen molar-refractivity contribution in [2.45, 2.75) is 11.8 Å². The van der Waals surface area contributed by atoms with E-state index >= 15 is 0 Å². The summed E-state index contributed by atoms with van der Waals surface area (Å²) >= 11 is -0.145. The van der Waals surface area contributed by atoms with Crippen molar-refractivity contribution < 1.29 is 34.2 Å². The van der Waals surface area contributed by atoms with Gasteiger partial charge in [0, 0.05) is 6.07 Å². The second kappa shape index (κ2) is 9.48. The van der Waals surface area contributed by atoms with Crippen LogP contribution < -0.4 is 21.2 Å². The molecule has 132 valence electrons. The van der Waals surface area contributed by atoms with Crippen molar-refractivity contribution in [2.75, 3.05) is 0 Å². The maximum absolute atomic E-state index is 10.4. The summed E-state index contributed by atoms with van der Waals surface area (Å²) in [5, 5.41) is 8.79. The number of benzene rings is 3. The molecule has 0 N–H and O–H groups in total. The monoisotopic (exact) mass is 477 g/mol. The fraction of sp³-hybridized carbons (Fsp3) is 0.0500. The fourth-order valence-corrected chi connectivity index (χ4v) is 4.77. The standard InChI is InChI=1S/C13H9IN.C7H8O3S/c15-10-11-5-4-8-13(9-11)14-12-6-2-1-3-7-12;1-6-2-4-7(5-3-6)11(8,9)10/h1-9H;2-5H,1H3,(H,8,9,10)/q+1;/p-1. The SMILES string of the molecule is Cc1ccc(S(=O)(=O)[O-])cc1.N#Cc1cccc([I+]c2ccccc2)c1. The minimum atomic E-state index is -4.27. The molecular formula is C20H16INO3S. The van der Waals surface area contributed by atoms with Crippen molar-refractivity contribution >= 4 is 10.1 Å². The van der Waals surface area contributed by atoms with Gasteiger partial charge in [-0.1, -0.05) is 42.0 Å². The van der Waals surface area contributed by atoms with Crippen LogP contribution >= 0.6 is 0 Å². The number of hydrogen-bond donors (Lipinski definition) is 0. The zero-order valence-electron chi connectivity index (χ0n) is 14.0. The molecule has 0 atom stereocenters. The molecule has 3 aromatic rings. The molecule has 3 aromatic carbocycles. The van der Waals surface area contributed by atoms with E-state index in [1.807, 2.05) is 31.2 Å². The minimum Gasteiger partial charge on any atom is -0.744 e. The van der Waals surface area contributed by atoms with Gasteiger partial charge in [-0.15, -0.1) is 0 Å². The lowest BCUT2D eigenvalue weighted by molar-refractivity contribution is -0.597. The lowest BCUT2D eigenvalue weighted by Gasteiger charge is -2.05. The molecule has 0 bridgehead atoms. The van der Waals surface area contributed by atoms with Crippen molar-refractivity contribution in [2.24, 2.45) is 0 Å². The number of halogens is 1. The number of aryl methyl sites for hydroxylation is 1. The predicted molar refractivity (Wildman–Crippen MR) is 94.1 cm³/mol. The van der Waals surface area contributed by atoms with E-state index in [0.717, 1.165) is 11.1 Å². The van der Waals surface area contributed by atoms with Crippen LogP contribution in [0.4, 0.5) is 0 Å². The van der Waals surface area contributed by atoms with Crippen molar-refractivity contribution in [1.29, 1.82) is 5.26 Å². The van der Waals surface area contributed by atoms with Crippen LogP contribution in [-0.2, 0) is 10.1 Å². The topological polar surface area (TPSA) is 81.0 Å². The minimum absolute atomic E-state index is 0.145. The summed E-state index contributed by atoms with van der Waals surface area (Å²) in [6.07, 6.45) is 0. The van der Waals surface area contributed by atoms with E-state index in [0.29, 0.717) is 0 Å². The van der Waals surface area contributed by atoms with Gasteiger partial charge in [0.15, 0.2) is 7.14 Å². The average Bonchev–Trinajstić information content (AvgIpc) is 2.63. The highest BCUT2D eigenvalue weighted by Gasteiger charge is 2.14. The summed E-state index contributed by atoms with van der Waals surface area (Å²) < 4.78 is 33.8. The maximum atomic E-state index is 10.4. The maximum Gasteiger partial charge on any atom is 0.357 e. The van der Waals surface area contributed by atoms with Crippen LogP contribution in [0.1, 0.15) is 11.1 Å². The Bertz CT molecular complexity index is 995. The molecule has 0 aromatic heterocycles. The number of nitriles is 1. The molecule has 0 heterocycles. The van der Waals surface area contributed by atoms with Gasteiger partial charge in [-0.2, -0.15) is 5.26 Å². The molecule has 0 spiro atoms. The smallest absolute Gasteiger partial charge is 0.357 e.